The van der Waals surface area contributed by atoms with Crippen LogP contribution >= 0.6 is 27.3 Å². The van der Waals surface area contributed by atoms with Crippen LogP contribution in [0.5, 0.6) is 0 Å². The van der Waals surface area contributed by atoms with Gasteiger partial charge in [0.15, 0.2) is 5.69 Å². The zero-order valence-corrected chi connectivity index (χ0v) is 12.0. The Bertz CT molecular complexity index is 540. The highest BCUT2D eigenvalue weighted by atomic mass is 79.9. The van der Waals surface area contributed by atoms with Gasteiger partial charge in [-0.3, -0.25) is 4.79 Å². The van der Waals surface area contributed by atoms with Crippen LogP contribution in [0.1, 0.15) is 15.4 Å². The first kappa shape index (κ1) is 13.0. The highest BCUT2D eigenvalue weighted by molar-refractivity contribution is 9.10. The predicted octanol–water partition coefficient (Wildman–Crippen LogP) is 2.27. The first-order valence-electron chi connectivity index (χ1n) is 5.22. The molecule has 2 rings (SSSR count). The summed E-state index contributed by atoms with van der Waals surface area (Å²) >= 11 is 5.00. The standard InChI is InChI=1S/C11H11BrN4OS/c1-13-10-3-2-8(15-16-10)11(17)14-6-9-7(12)4-5-18-9/h2-5H,6H2,1H3,(H,13,16)(H,14,17). The summed E-state index contributed by atoms with van der Waals surface area (Å²) in [7, 11) is 1.75. The van der Waals surface area contributed by atoms with Gasteiger partial charge >= 0.3 is 0 Å². The lowest BCUT2D eigenvalue weighted by Gasteiger charge is -2.04. The van der Waals surface area contributed by atoms with Crippen LogP contribution < -0.4 is 10.6 Å². The fourth-order valence-electron chi connectivity index (χ4n) is 1.29. The van der Waals surface area contributed by atoms with E-state index in [9.17, 15) is 4.79 Å². The second kappa shape index (κ2) is 5.92. The molecule has 94 valence electrons. The Morgan fingerprint density at radius 3 is 2.78 bits per heavy atom. The Morgan fingerprint density at radius 1 is 1.39 bits per heavy atom. The van der Waals surface area contributed by atoms with E-state index >= 15 is 0 Å². The van der Waals surface area contributed by atoms with Gasteiger partial charge in [0.25, 0.3) is 5.91 Å². The van der Waals surface area contributed by atoms with Gasteiger partial charge in [0.1, 0.15) is 5.82 Å². The van der Waals surface area contributed by atoms with Gasteiger partial charge in [-0.05, 0) is 39.5 Å². The van der Waals surface area contributed by atoms with E-state index in [2.05, 4.69) is 36.8 Å². The summed E-state index contributed by atoms with van der Waals surface area (Å²) in [5, 5.41) is 15.3. The van der Waals surface area contributed by atoms with Crippen molar-refractivity contribution in [3.8, 4) is 0 Å². The molecule has 0 spiro atoms. The quantitative estimate of drug-likeness (QED) is 0.904. The van der Waals surface area contributed by atoms with E-state index in [1.807, 2.05) is 11.4 Å². The number of hydrogen-bond donors (Lipinski definition) is 2. The fourth-order valence-corrected chi connectivity index (χ4v) is 2.72. The molecule has 2 N–H and O–H groups in total. The zero-order chi connectivity index (χ0) is 13.0. The number of nitrogens with zero attached hydrogens (tertiary/aromatic N) is 2. The summed E-state index contributed by atoms with van der Waals surface area (Å²) in [6, 6.07) is 5.30. The van der Waals surface area contributed by atoms with Crippen LogP contribution in [-0.2, 0) is 6.54 Å². The minimum atomic E-state index is -0.231. The zero-order valence-electron chi connectivity index (χ0n) is 9.61. The maximum atomic E-state index is 11.8. The second-order valence-electron chi connectivity index (χ2n) is 3.43. The van der Waals surface area contributed by atoms with Crippen molar-refractivity contribution in [2.45, 2.75) is 6.54 Å². The number of hydrogen-bond acceptors (Lipinski definition) is 5. The molecule has 2 aromatic rings. The van der Waals surface area contributed by atoms with Gasteiger partial charge in [0.2, 0.25) is 0 Å². The van der Waals surface area contributed by atoms with Crippen molar-refractivity contribution in [1.82, 2.24) is 15.5 Å². The molecule has 0 bridgehead atoms. The molecule has 0 atom stereocenters. The molecule has 0 aliphatic heterocycles. The molecule has 5 nitrogen and oxygen atoms in total. The van der Waals surface area contributed by atoms with Gasteiger partial charge in [0, 0.05) is 16.4 Å². The first-order valence-corrected chi connectivity index (χ1v) is 6.89. The van der Waals surface area contributed by atoms with E-state index in [-0.39, 0.29) is 5.91 Å². The molecule has 1 amide bonds. The van der Waals surface area contributed by atoms with Crippen LogP contribution in [-0.4, -0.2) is 23.2 Å². The second-order valence-corrected chi connectivity index (χ2v) is 5.28. The van der Waals surface area contributed by atoms with Crippen molar-refractivity contribution in [3.05, 3.63) is 38.6 Å². The largest absolute Gasteiger partial charge is 0.372 e. The minimum Gasteiger partial charge on any atom is -0.372 e. The molecule has 18 heavy (non-hydrogen) atoms. The van der Waals surface area contributed by atoms with Crippen molar-refractivity contribution in [1.29, 1.82) is 0 Å². The van der Waals surface area contributed by atoms with Crippen molar-refractivity contribution in [2.75, 3.05) is 12.4 Å². The Balaban J connectivity index is 1.97. The van der Waals surface area contributed by atoms with Crippen LogP contribution in [0.2, 0.25) is 0 Å². The van der Waals surface area contributed by atoms with Crippen LogP contribution in [0.15, 0.2) is 28.1 Å². The lowest BCUT2D eigenvalue weighted by atomic mass is 10.3. The molecular formula is C11H11BrN4OS. The highest BCUT2D eigenvalue weighted by Gasteiger charge is 2.09. The average Bonchev–Trinajstić information content (AvgIpc) is 2.81. The molecule has 0 aliphatic carbocycles. The summed E-state index contributed by atoms with van der Waals surface area (Å²) in [4.78, 5) is 12.9. The van der Waals surface area contributed by atoms with Gasteiger partial charge in [-0.25, -0.2) is 0 Å². The lowest BCUT2D eigenvalue weighted by molar-refractivity contribution is 0.0945. The van der Waals surface area contributed by atoms with Gasteiger partial charge in [-0.1, -0.05) is 0 Å². The molecule has 0 saturated carbocycles. The Kier molecular flexibility index (Phi) is 4.27. The smallest absolute Gasteiger partial charge is 0.272 e. The molecule has 2 aromatic heterocycles. The molecule has 0 aliphatic rings. The molecule has 7 heteroatoms. The maximum Gasteiger partial charge on any atom is 0.272 e. The summed E-state index contributed by atoms with van der Waals surface area (Å²) < 4.78 is 1.00. The monoisotopic (exact) mass is 326 g/mol. The third-order valence-corrected chi connectivity index (χ3v) is 4.18. The molecule has 0 radical (unpaired) electrons. The minimum absolute atomic E-state index is 0.231. The Labute approximate surface area is 117 Å². The Hall–Kier alpha value is -1.47. The molecule has 0 unspecified atom stereocenters. The van der Waals surface area contributed by atoms with E-state index in [0.29, 0.717) is 18.1 Å². The van der Waals surface area contributed by atoms with Crippen molar-refractivity contribution >= 4 is 39.0 Å². The highest BCUT2D eigenvalue weighted by Crippen LogP contribution is 2.22. The van der Waals surface area contributed by atoms with Crippen LogP contribution in [0.3, 0.4) is 0 Å². The van der Waals surface area contributed by atoms with Gasteiger partial charge in [-0.15, -0.1) is 21.5 Å². The van der Waals surface area contributed by atoms with E-state index in [1.165, 1.54) is 0 Å². The van der Waals surface area contributed by atoms with E-state index in [4.69, 9.17) is 0 Å². The number of anilines is 1. The predicted molar refractivity (Wildman–Crippen MR) is 74.8 cm³/mol. The van der Waals surface area contributed by atoms with Crippen LogP contribution in [0.25, 0.3) is 0 Å². The first-order chi connectivity index (χ1) is 8.70. The van der Waals surface area contributed by atoms with E-state index < -0.39 is 0 Å². The van der Waals surface area contributed by atoms with Crippen molar-refractivity contribution in [3.63, 3.8) is 0 Å². The fraction of sp³-hybridized carbons (Fsp3) is 0.182. The van der Waals surface area contributed by atoms with Gasteiger partial charge in [-0.2, -0.15) is 0 Å². The van der Waals surface area contributed by atoms with Crippen molar-refractivity contribution < 1.29 is 4.79 Å². The van der Waals surface area contributed by atoms with Crippen LogP contribution in [0.4, 0.5) is 5.82 Å². The molecule has 0 aromatic carbocycles. The molecule has 0 saturated heterocycles. The molecular weight excluding hydrogens is 316 g/mol. The summed E-state index contributed by atoms with van der Waals surface area (Å²) in [5.74, 6) is 0.401. The number of carbonyl (C=O) groups excluding carboxylic acids is 1. The number of thiophene rings is 1. The summed E-state index contributed by atoms with van der Waals surface area (Å²) in [6.45, 7) is 0.479. The Morgan fingerprint density at radius 2 is 2.22 bits per heavy atom. The molecule has 0 fully saturated rings. The van der Waals surface area contributed by atoms with E-state index in [1.54, 1.807) is 30.5 Å². The topological polar surface area (TPSA) is 66.9 Å². The molecule has 2 heterocycles. The summed E-state index contributed by atoms with van der Waals surface area (Å²) in [6.07, 6.45) is 0. The third-order valence-electron chi connectivity index (χ3n) is 2.25. The number of halogens is 1. The average molecular weight is 327 g/mol. The van der Waals surface area contributed by atoms with Gasteiger partial charge < -0.3 is 10.6 Å². The third kappa shape index (κ3) is 3.05. The number of rotatable bonds is 4. The maximum absolute atomic E-state index is 11.8. The van der Waals surface area contributed by atoms with Crippen LogP contribution in [0, 0.1) is 0 Å². The summed E-state index contributed by atoms with van der Waals surface area (Å²) in [5.41, 5.74) is 0.307. The number of aromatic nitrogens is 2. The number of amides is 1. The van der Waals surface area contributed by atoms with Gasteiger partial charge in [0.05, 0.1) is 6.54 Å². The van der Waals surface area contributed by atoms with Crippen molar-refractivity contribution in [2.24, 2.45) is 0 Å². The number of nitrogens with one attached hydrogen (secondary N) is 2. The normalized spacial score (nSPS) is 10.1. The lowest BCUT2D eigenvalue weighted by Crippen LogP contribution is -2.23. The van der Waals surface area contributed by atoms with E-state index in [0.717, 1.165) is 9.35 Å². The SMILES string of the molecule is CNc1ccc(C(=O)NCc2sccc2Br)nn1. The number of carbonyl (C=O) groups is 1.